The molecule has 0 bridgehead atoms. The fourth-order valence-corrected chi connectivity index (χ4v) is 3.69. The molecular weight excluding hydrogens is 242 g/mol. The first-order chi connectivity index (χ1) is 7.45. The predicted octanol–water partition coefficient (Wildman–Crippen LogP) is 3.29. The fourth-order valence-electron chi connectivity index (χ4n) is 2.49. The topological polar surface area (TPSA) is 39.9 Å². The zero-order chi connectivity index (χ0) is 11.9. The first-order valence-electron chi connectivity index (χ1n) is 5.28. The van der Waals surface area contributed by atoms with E-state index in [0.717, 1.165) is 18.0 Å². The van der Waals surface area contributed by atoms with Crippen LogP contribution in [0.2, 0.25) is 5.15 Å². The maximum atomic E-state index is 9.09. The van der Waals surface area contributed by atoms with Gasteiger partial charge in [0.2, 0.25) is 0 Å². The van der Waals surface area contributed by atoms with E-state index in [1.807, 2.05) is 0 Å². The van der Waals surface area contributed by atoms with Gasteiger partial charge in [-0.25, -0.2) is 0 Å². The van der Waals surface area contributed by atoms with Crippen molar-refractivity contribution in [2.75, 3.05) is 11.4 Å². The Morgan fingerprint density at radius 3 is 2.81 bits per heavy atom. The molecule has 1 aromatic rings. The largest absolute Gasteiger partial charge is 0.356 e. The Hall–Kier alpha value is -0.790. The summed E-state index contributed by atoms with van der Waals surface area (Å²) in [4.78, 5) is 2.26. The summed E-state index contributed by atoms with van der Waals surface area (Å²) >= 11 is 7.23. The number of rotatable bonds is 1. The van der Waals surface area contributed by atoms with Gasteiger partial charge in [0.1, 0.15) is 16.6 Å². The first-order valence-corrected chi connectivity index (χ1v) is 6.44. The van der Waals surface area contributed by atoms with Gasteiger partial charge in [-0.3, -0.25) is 0 Å². The summed E-state index contributed by atoms with van der Waals surface area (Å²) in [6.07, 6.45) is 1.13. The number of nitrogens with zero attached hydrogens (tertiary/aromatic N) is 3. The summed E-state index contributed by atoms with van der Waals surface area (Å²) < 4.78 is 4.07. The van der Waals surface area contributed by atoms with Gasteiger partial charge in [-0.1, -0.05) is 18.5 Å². The summed E-state index contributed by atoms with van der Waals surface area (Å²) in [6.45, 7) is 7.60. The lowest BCUT2D eigenvalue weighted by Crippen LogP contribution is -2.37. The van der Waals surface area contributed by atoms with Gasteiger partial charge >= 0.3 is 0 Å². The second-order valence-electron chi connectivity index (χ2n) is 5.00. The SMILES string of the molecule is C[C@@H]1CN(c2snc(Cl)c2C#N)C(C)(C)C1. The van der Waals surface area contributed by atoms with Gasteiger partial charge in [0.05, 0.1) is 0 Å². The van der Waals surface area contributed by atoms with Crippen molar-refractivity contribution in [1.82, 2.24) is 4.37 Å². The molecule has 0 aromatic carbocycles. The number of hydrogen-bond acceptors (Lipinski definition) is 4. The number of anilines is 1. The van der Waals surface area contributed by atoms with Crippen molar-refractivity contribution in [2.24, 2.45) is 5.92 Å². The smallest absolute Gasteiger partial charge is 0.162 e. The van der Waals surface area contributed by atoms with E-state index >= 15 is 0 Å². The standard InChI is InChI=1S/C11H14ClN3S/c1-7-4-11(2,3)15(6-7)10-8(5-13)9(12)14-16-10/h7H,4,6H2,1-3H3/t7-/m0/s1. The summed E-state index contributed by atoms with van der Waals surface area (Å²) in [6, 6.07) is 2.15. The van der Waals surface area contributed by atoms with Gasteiger partial charge in [-0.15, -0.1) is 0 Å². The van der Waals surface area contributed by atoms with Crippen molar-refractivity contribution < 1.29 is 0 Å². The average Bonchev–Trinajstić information content (AvgIpc) is 2.66. The van der Waals surface area contributed by atoms with E-state index in [9.17, 15) is 0 Å². The van der Waals surface area contributed by atoms with Crippen molar-refractivity contribution in [2.45, 2.75) is 32.7 Å². The Labute approximate surface area is 105 Å². The molecule has 0 spiro atoms. The Morgan fingerprint density at radius 2 is 2.31 bits per heavy atom. The first kappa shape index (κ1) is 11.7. The second-order valence-corrected chi connectivity index (χ2v) is 6.11. The third-order valence-electron chi connectivity index (χ3n) is 3.06. The van der Waals surface area contributed by atoms with Crippen LogP contribution in [-0.2, 0) is 0 Å². The van der Waals surface area contributed by atoms with Crippen LogP contribution in [0.3, 0.4) is 0 Å². The average molecular weight is 256 g/mol. The number of aromatic nitrogens is 1. The van der Waals surface area contributed by atoms with Crippen LogP contribution in [-0.4, -0.2) is 16.5 Å². The highest BCUT2D eigenvalue weighted by molar-refractivity contribution is 7.10. The highest BCUT2D eigenvalue weighted by Crippen LogP contribution is 2.41. The highest BCUT2D eigenvalue weighted by Gasteiger charge is 2.38. The molecule has 0 amide bonds. The Kier molecular flexibility index (Phi) is 2.85. The molecule has 5 heteroatoms. The van der Waals surface area contributed by atoms with Gasteiger partial charge in [0, 0.05) is 12.1 Å². The van der Waals surface area contributed by atoms with Crippen LogP contribution < -0.4 is 4.90 Å². The van der Waals surface area contributed by atoms with Gasteiger partial charge in [-0.2, -0.15) is 9.64 Å². The van der Waals surface area contributed by atoms with Gasteiger partial charge in [0.15, 0.2) is 5.15 Å². The van der Waals surface area contributed by atoms with Crippen molar-refractivity contribution >= 4 is 28.1 Å². The second kappa shape index (κ2) is 3.90. The normalized spacial score (nSPS) is 23.4. The Balaban J connectivity index is 2.42. The number of hydrogen-bond donors (Lipinski definition) is 0. The molecule has 0 radical (unpaired) electrons. The molecule has 2 rings (SSSR count). The monoisotopic (exact) mass is 255 g/mol. The maximum Gasteiger partial charge on any atom is 0.162 e. The minimum absolute atomic E-state index is 0.0842. The van der Waals surface area contributed by atoms with Crippen LogP contribution in [0.15, 0.2) is 0 Å². The van der Waals surface area contributed by atoms with E-state index in [2.05, 4.69) is 36.1 Å². The zero-order valence-corrected chi connectivity index (χ0v) is 11.2. The van der Waals surface area contributed by atoms with Crippen molar-refractivity contribution in [1.29, 1.82) is 5.26 Å². The van der Waals surface area contributed by atoms with Crippen LogP contribution in [0.1, 0.15) is 32.8 Å². The summed E-state index contributed by atoms with van der Waals surface area (Å²) in [5.74, 6) is 0.641. The molecule has 2 heterocycles. The molecule has 1 aliphatic rings. The molecule has 1 saturated heterocycles. The number of halogens is 1. The molecule has 0 N–H and O–H groups in total. The van der Waals surface area contributed by atoms with Crippen LogP contribution >= 0.6 is 23.1 Å². The fraction of sp³-hybridized carbons (Fsp3) is 0.636. The molecule has 1 aromatic heterocycles. The van der Waals surface area contributed by atoms with E-state index in [0.29, 0.717) is 16.6 Å². The predicted molar refractivity (Wildman–Crippen MR) is 67.0 cm³/mol. The van der Waals surface area contributed by atoms with Crippen LogP contribution in [0.4, 0.5) is 5.00 Å². The molecular formula is C11H14ClN3S. The van der Waals surface area contributed by atoms with Crippen molar-refractivity contribution in [3.05, 3.63) is 10.7 Å². The molecule has 86 valence electrons. The van der Waals surface area contributed by atoms with Gasteiger partial charge in [0.25, 0.3) is 0 Å². The maximum absolute atomic E-state index is 9.09. The molecule has 0 unspecified atom stereocenters. The van der Waals surface area contributed by atoms with Crippen molar-refractivity contribution in [3.63, 3.8) is 0 Å². The molecule has 0 saturated carbocycles. The van der Waals surface area contributed by atoms with E-state index in [4.69, 9.17) is 16.9 Å². The Bertz CT molecular complexity index is 447. The lowest BCUT2D eigenvalue weighted by Gasteiger charge is -2.32. The molecule has 1 aliphatic heterocycles. The summed E-state index contributed by atoms with van der Waals surface area (Å²) in [5.41, 5.74) is 0.606. The van der Waals surface area contributed by atoms with Gasteiger partial charge < -0.3 is 4.90 Å². The van der Waals surface area contributed by atoms with Crippen LogP contribution in [0.5, 0.6) is 0 Å². The van der Waals surface area contributed by atoms with Crippen LogP contribution in [0, 0.1) is 17.2 Å². The third kappa shape index (κ3) is 1.79. The molecule has 1 atom stereocenters. The zero-order valence-electron chi connectivity index (χ0n) is 9.62. The molecule has 0 aliphatic carbocycles. The lowest BCUT2D eigenvalue weighted by molar-refractivity contribution is 0.489. The highest BCUT2D eigenvalue weighted by atomic mass is 35.5. The Morgan fingerprint density at radius 1 is 1.62 bits per heavy atom. The third-order valence-corrected chi connectivity index (χ3v) is 4.31. The molecule has 16 heavy (non-hydrogen) atoms. The summed E-state index contributed by atoms with van der Waals surface area (Å²) in [5, 5.41) is 10.3. The van der Waals surface area contributed by atoms with Crippen LogP contribution in [0.25, 0.3) is 0 Å². The minimum atomic E-state index is 0.0842. The number of nitriles is 1. The summed E-state index contributed by atoms with van der Waals surface area (Å²) in [7, 11) is 0. The van der Waals surface area contributed by atoms with Gasteiger partial charge in [-0.05, 0) is 37.7 Å². The lowest BCUT2D eigenvalue weighted by atomic mass is 9.98. The quantitative estimate of drug-likeness (QED) is 0.773. The van der Waals surface area contributed by atoms with E-state index in [-0.39, 0.29) is 5.54 Å². The van der Waals surface area contributed by atoms with E-state index in [1.165, 1.54) is 11.5 Å². The van der Waals surface area contributed by atoms with Crippen molar-refractivity contribution in [3.8, 4) is 6.07 Å². The van der Waals surface area contributed by atoms with E-state index < -0.39 is 0 Å². The molecule has 1 fully saturated rings. The van der Waals surface area contributed by atoms with E-state index in [1.54, 1.807) is 0 Å². The molecule has 3 nitrogen and oxygen atoms in total. The minimum Gasteiger partial charge on any atom is -0.356 e.